The zero-order valence-corrected chi connectivity index (χ0v) is 11.6. The van der Waals surface area contributed by atoms with Crippen LogP contribution in [0.25, 0.3) is 6.08 Å². The number of carboxylic acid groups (broad SMARTS) is 1. The average molecular weight is 279 g/mol. The highest BCUT2D eigenvalue weighted by atomic mass is 32.1. The van der Waals surface area contributed by atoms with E-state index in [9.17, 15) is 9.59 Å². The lowest BCUT2D eigenvalue weighted by Crippen LogP contribution is -2.32. The second kappa shape index (κ2) is 7.63. The van der Waals surface area contributed by atoms with Gasteiger partial charge in [0.05, 0.1) is 5.92 Å². The summed E-state index contributed by atoms with van der Waals surface area (Å²) in [5.41, 5.74) is 1.42. The van der Waals surface area contributed by atoms with E-state index in [1.165, 1.54) is 0 Å². The summed E-state index contributed by atoms with van der Waals surface area (Å²) in [7, 11) is 0. The van der Waals surface area contributed by atoms with E-state index in [4.69, 9.17) is 5.11 Å². The molecule has 0 saturated heterocycles. The van der Waals surface area contributed by atoms with Gasteiger partial charge in [-0.25, -0.2) is 0 Å². The maximum Gasteiger partial charge on any atom is 0.308 e. The van der Waals surface area contributed by atoms with Gasteiger partial charge in [-0.2, -0.15) is 12.6 Å². The molecule has 1 unspecified atom stereocenters. The summed E-state index contributed by atoms with van der Waals surface area (Å²) in [5.74, 6) is -1.53. The highest BCUT2D eigenvalue weighted by Crippen LogP contribution is 2.08. The molecule has 0 heterocycles. The van der Waals surface area contributed by atoms with Crippen LogP contribution in [0.15, 0.2) is 35.9 Å². The molecule has 0 spiro atoms. The minimum Gasteiger partial charge on any atom is -0.481 e. The van der Waals surface area contributed by atoms with E-state index < -0.39 is 11.9 Å². The van der Waals surface area contributed by atoms with Crippen LogP contribution in [0.4, 0.5) is 0 Å². The molecule has 1 amide bonds. The number of carboxylic acids is 1. The van der Waals surface area contributed by atoms with Crippen molar-refractivity contribution < 1.29 is 14.7 Å². The van der Waals surface area contributed by atoms with Gasteiger partial charge in [0.2, 0.25) is 5.91 Å². The summed E-state index contributed by atoms with van der Waals surface area (Å²) >= 11 is 4.12. The maximum absolute atomic E-state index is 11.9. The van der Waals surface area contributed by atoms with Gasteiger partial charge >= 0.3 is 5.97 Å². The third kappa shape index (κ3) is 5.18. The van der Waals surface area contributed by atoms with Crippen LogP contribution >= 0.6 is 12.6 Å². The number of carbonyl (C=O) groups is 2. The van der Waals surface area contributed by atoms with Crippen LogP contribution in [0.3, 0.4) is 0 Å². The highest BCUT2D eigenvalue weighted by molar-refractivity contribution is 7.80. The highest BCUT2D eigenvalue weighted by Gasteiger charge is 2.14. The first kappa shape index (κ1) is 15.3. The molecule has 0 bridgehead atoms. The summed E-state index contributed by atoms with van der Waals surface area (Å²) in [5, 5.41) is 11.3. The molecular weight excluding hydrogens is 262 g/mol. The Morgan fingerprint density at radius 2 is 2.00 bits per heavy atom. The Hall–Kier alpha value is -1.75. The summed E-state index contributed by atoms with van der Waals surface area (Å²) in [6.45, 7) is 1.65. The Kier molecular flexibility index (Phi) is 6.15. The number of aliphatic carboxylic acids is 1. The van der Waals surface area contributed by atoms with Crippen LogP contribution in [0.1, 0.15) is 12.5 Å². The van der Waals surface area contributed by atoms with Crippen molar-refractivity contribution in [1.82, 2.24) is 5.32 Å². The van der Waals surface area contributed by atoms with E-state index in [0.29, 0.717) is 11.3 Å². The molecule has 102 valence electrons. The van der Waals surface area contributed by atoms with Crippen LogP contribution in [0, 0.1) is 5.92 Å². The molecule has 0 aliphatic carbocycles. The summed E-state index contributed by atoms with van der Waals surface area (Å²) in [6.07, 6.45) is 1.74. The van der Waals surface area contributed by atoms with Gasteiger partial charge in [-0.1, -0.05) is 37.3 Å². The van der Waals surface area contributed by atoms with Crippen LogP contribution in [0.2, 0.25) is 0 Å². The molecule has 0 saturated carbocycles. The molecule has 0 aromatic heterocycles. The monoisotopic (exact) mass is 279 g/mol. The molecule has 0 radical (unpaired) electrons. The van der Waals surface area contributed by atoms with Crippen molar-refractivity contribution in [3.8, 4) is 0 Å². The van der Waals surface area contributed by atoms with Gasteiger partial charge in [0.1, 0.15) is 0 Å². The van der Waals surface area contributed by atoms with Gasteiger partial charge in [0.15, 0.2) is 0 Å². The van der Waals surface area contributed by atoms with Crippen molar-refractivity contribution in [2.45, 2.75) is 6.92 Å². The van der Waals surface area contributed by atoms with E-state index in [0.717, 1.165) is 5.56 Å². The van der Waals surface area contributed by atoms with Gasteiger partial charge in [-0.3, -0.25) is 9.59 Å². The lowest BCUT2D eigenvalue weighted by atomic mass is 10.1. The van der Waals surface area contributed by atoms with Gasteiger partial charge in [-0.15, -0.1) is 0 Å². The molecule has 19 heavy (non-hydrogen) atoms. The van der Waals surface area contributed by atoms with Gasteiger partial charge in [0.25, 0.3) is 0 Å². The lowest BCUT2D eigenvalue weighted by molar-refractivity contribution is -0.141. The topological polar surface area (TPSA) is 66.4 Å². The number of benzene rings is 1. The zero-order chi connectivity index (χ0) is 14.3. The van der Waals surface area contributed by atoms with Crippen LogP contribution in [-0.4, -0.2) is 29.3 Å². The molecule has 4 nitrogen and oxygen atoms in total. The standard InChI is InChI=1S/C14H17NO3S/c1-10(14(17)18)8-15-13(16)12(9-19)7-11-5-3-2-4-6-11/h2-7,10,19H,8-9H2,1H3,(H,15,16)(H,17,18)/b12-7-. The fraction of sp³-hybridized carbons (Fsp3) is 0.286. The van der Waals surface area contributed by atoms with E-state index in [2.05, 4.69) is 17.9 Å². The summed E-state index contributed by atoms with van der Waals surface area (Å²) in [6, 6.07) is 9.43. The van der Waals surface area contributed by atoms with Crippen molar-refractivity contribution >= 4 is 30.6 Å². The minimum atomic E-state index is -0.931. The summed E-state index contributed by atoms with van der Waals surface area (Å²) < 4.78 is 0. The van der Waals surface area contributed by atoms with Crippen molar-refractivity contribution in [3.63, 3.8) is 0 Å². The molecule has 1 aromatic carbocycles. The fourth-order valence-electron chi connectivity index (χ4n) is 1.38. The molecule has 1 rings (SSSR count). The largest absolute Gasteiger partial charge is 0.481 e. The van der Waals surface area contributed by atoms with Crippen molar-refractivity contribution in [1.29, 1.82) is 0 Å². The van der Waals surface area contributed by atoms with Crippen molar-refractivity contribution in [2.24, 2.45) is 5.92 Å². The van der Waals surface area contributed by atoms with E-state index in [-0.39, 0.29) is 12.5 Å². The van der Waals surface area contributed by atoms with E-state index >= 15 is 0 Å². The maximum atomic E-state index is 11.9. The molecule has 1 atom stereocenters. The number of thiol groups is 1. The second-order valence-corrected chi connectivity index (χ2v) is 4.50. The van der Waals surface area contributed by atoms with Crippen LogP contribution < -0.4 is 5.32 Å². The molecule has 0 aliphatic rings. The zero-order valence-electron chi connectivity index (χ0n) is 10.7. The third-order valence-corrected chi connectivity index (χ3v) is 2.93. The minimum absolute atomic E-state index is 0.105. The van der Waals surface area contributed by atoms with Crippen LogP contribution in [0.5, 0.6) is 0 Å². The fourth-order valence-corrected chi connectivity index (χ4v) is 1.61. The van der Waals surface area contributed by atoms with E-state index in [1.807, 2.05) is 30.3 Å². The van der Waals surface area contributed by atoms with Crippen molar-refractivity contribution in [3.05, 3.63) is 41.5 Å². The first-order chi connectivity index (χ1) is 9.04. The normalized spacial score (nSPS) is 12.8. The first-order valence-electron chi connectivity index (χ1n) is 5.92. The Bertz CT molecular complexity index is 471. The molecule has 1 aromatic rings. The van der Waals surface area contributed by atoms with Crippen LogP contribution in [-0.2, 0) is 9.59 Å². The van der Waals surface area contributed by atoms with E-state index in [1.54, 1.807) is 13.0 Å². The van der Waals surface area contributed by atoms with Gasteiger partial charge in [-0.05, 0) is 11.6 Å². The predicted octanol–water partition coefficient (Wildman–Crippen LogP) is 1.84. The Morgan fingerprint density at radius 3 is 2.53 bits per heavy atom. The Labute approximate surface area is 117 Å². The smallest absolute Gasteiger partial charge is 0.308 e. The number of nitrogens with one attached hydrogen (secondary N) is 1. The molecule has 2 N–H and O–H groups in total. The number of amides is 1. The number of hydrogen-bond acceptors (Lipinski definition) is 3. The molecular formula is C14H17NO3S. The predicted molar refractivity (Wildman–Crippen MR) is 78.1 cm³/mol. The molecule has 5 heteroatoms. The molecule has 0 aliphatic heterocycles. The quantitative estimate of drug-likeness (QED) is 0.550. The second-order valence-electron chi connectivity index (χ2n) is 4.19. The lowest BCUT2D eigenvalue weighted by Gasteiger charge is -2.09. The van der Waals surface area contributed by atoms with Gasteiger partial charge in [0, 0.05) is 17.9 Å². The number of hydrogen-bond donors (Lipinski definition) is 3. The first-order valence-corrected chi connectivity index (χ1v) is 6.55. The number of rotatable bonds is 6. The molecule has 0 fully saturated rings. The Morgan fingerprint density at radius 1 is 1.37 bits per heavy atom. The Balaban J connectivity index is 2.67. The van der Waals surface area contributed by atoms with Gasteiger partial charge < -0.3 is 10.4 Å². The average Bonchev–Trinajstić information content (AvgIpc) is 2.42. The third-order valence-electron chi connectivity index (χ3n) is 2.59. The SMILES string of the molecule is CC(CNC(=O)/C(=C\c1ccccc1)CS)C(=O)O. The summed E-state index contributed by atoms with van der Waals surface area (Å²) in [4.78, 5) is 22.5. The number of carbonyl (C=O) groups excluding carboxylic acids is 1. The van der Waals surface area contributed by atoms with Crippen molar-refractivity contribution in [2.75, 3.05) is 12.3 Å².